The summed E-state index contributed by atoms with van der Waals surface area (Å²) < 4.78 is 5.22. The molecule has 3 rings (SSSR count). The van der Waals surface area contributed by atoms with Crippen LogP contribution in [0.3, 0.4) is 0 Å². The lowest BCUT2D eigenvalue weighted by Gasteiger charge is -1.99. The highest BCUT2D eigenvalue weighted by Gasteiger charge is 2.11. The molecule has 5 nitrogen and oxygen atoms in total. The van der Waals surface area contributed by atoms with Crippen LogP contribution in [0, 0.1) is 6.92 Å². The fourth-order valence-corrected chi connectivity index (χ4v) is 1.83. The van der Waals surface area contributed by atoms with E-state index in [4.69, 9.17) is 10.3 Å². The molecule has 1 aromatic carbocycles. The second kappa shape index (κ2) is 4.19. The molecule has 0 bridgehead atoms. The van der Waals surface area contributed by atoms with Gasteiger partial charge in [0.2, 0.25) is 0 Å². The van der Waals surface area contributed by atoms with Gasteiger partial charge in [-0.3, -0.25) is 0 Å². The average molecular weight is 240 g/mol. The molecule has 0 saturated heterocycles. The number of nitrogens with two attached hydrogens (primary N) is 1. The minimum Gasteiger partial charge on any atom is -0.335 e. The summed E-state index contributed by atoms with van der Waals surface area (Å²) in [4.78, 5) is 8.36. The van der Waals surface area contributed by atoms with Crippen molar-refractivity contribution < 1.29 is 4.52 Å². The van der Waals surface area contributed by atoms with E-state index in [-0.39, 0.29) is 0 Å². The number of benzene rings is 1. The van der Waals surface area contributed by atoms with Gasteiger partial charge in [-0.15, -0.1) is 0 Å². The molecule has 5 heteroatoms. The number of hydrogen-bond donors (Lipinski definition) is 1. The van der Waals surface area contributed by atoms with Crippen molar-refractivity contribution in [2.24, 2.45) is 5.73 Å². The number of hydrogen-bond acceptors (Lipinski definition) is 5. The van der Waals surface area contributed by atoms with Crippen LogP contribution in [-0.2, 0) is 6.54 Å². The van der Waals surface area contributed by atoms with Crippen molar-refractivity contribution in [3.8, 4) is 11.3 Å². The molecule has 3 aromatic rings. The van der Waals surface area contributed by atoms with Gasteiger partial charge < -0.3 is 10.3 Å². The summed E-state index contributed by atoms with van der Waals surface area (Å²) in [6.45, 7) is 2.35. The Morgan fingerprint density at radius 1 is 1.22 bits per heavy atom. The first-order valence-corrected chi connectivity index (χ1v) is 5.66. The zero-order chi connectivity index (χ0) is 12.5. The predicted molar refractivity (Wildman–Crippen MR) is 67.7 cm³/mol. The van der Waals surface area contributed by atoms with Crippen LogP contribution in [0.1, 0.15) is 11.4 Å². The first-order valence-electron chi connectivity index (χ1n) is 5.66. The van der Waals surface area contributed by atoms with Gasteiger partial charge >= 0.3 is 0 Å². The Morgan fingerprint density at radius 2 is 2.00 bits per heavy atom. The fraction of sp³-hybridized carbons (Fsp3) is 0.154. The first kappa shape index (κ1) is 10.9. The van der Waals surface area contributed by atoms with Gasteiger partial charge in [0.05, 0.1) is 5.39 Å². The van der Waals surface area contributed by atoms with E-state index in [0.29, 0.717) is 18.1 Å². The molecule has 0 amide bonds. The molecule has 0 unspecified atom stereocenters. The van der Waals surface area contributed by atoms with Crippen molar-refractivity contribution in [1.82, 2.24) is 15.1 Å². The molecule has 0 atom stereocenters. The van der Waals surface area contributed by atoms with E-state index in [9.17, 15) is 0 Å². The summed E-state index contributed by atoms with van der Waals surface area (Å²) in [6.07, 6.45) is 1.74. The van der Waals surface area contributed by atoms with Crippen molar-refractivity contribution in [3.63, 3.8) is 0 Å². The number of aromatic nitrogens is 3. The molecule has 0 aliphatic rings. The lowest BCUT2D eigenvalue weighted by atomic mass is 10.1. The van der Waals surface area contributed by atoms with E-state index in [2.05, 4.69) is 15.1 Å². The molecule has 0 spiro atoms. The lowest BCUT2D eigenvalue weighted by molar-refractivity contribution is 0.450. The third-order valence-corrected chi connectivity index (χ3v) is 2.82. The van der Waals surface area contributed by atoms with E-state index in [1.165, 1.54) is 0 Å². The van der Waals surface area contributed by atoms with Crippen LogP contribution in [0.2, 0.25) is 0 Å². The number of aryl methyl sites for hydroxylation is 1. The number of nitrogens with zero attached hydrogens (tertiary/aromatic N) is 3. The van der Waals surface area contributed by atoms with Gasteiger partial charge in [-0.05, 0) is 12.5 Å². The van der Waals surface area contributed by atoms with Gasteiger partial charge in [-0.1, -0.05) is 29.4 Å². The highest BCUT2D eigenvalue weighted by atomic mass is 16.5. The van der Waals surface area contributed by atoms with Crippen LogP contribution < -0.4 is 5.73 Å². The Hall–Kier alpha value is -2.27. The van der Waals surface area contributed by atoms with E-state index < -0.39 is 0 Å². The molecule has 2 heterocycles. The van der Waals surface area contributed by atoms with Gasteiger partial charge in [0.15, 0.2) is 0 Å². The summed E-state index contributed by atoms with van der Waals surface area (Å²) in [7, 11) is 0. The minimum atomic E-state index is 0.514. The Kier molecular flexibility index (Phi) is 2.53. The largest absolute Gasteiger partial charge is 0.335 e. The lowest BCUT2D eigenvalue weighted by Crippen LogP contribution is -1.95. The maximum atomic E-state index is 5.57. The number of fused-ring (bicyclic) bond motifs is 1. The van der Waals surface area contributed by atoms with E-state index in [0.717, 1.165) is 22.2 Å². The highest BCUT2D eigenvalue weighted by Crippen LogP contribution is 2.26. The van der Waals surface area contributed by atoms with Gasteiger partial charge in [-0.2, -0.15) is 4.98 Å². The average Bonchev–Trinajstić information content (AvgIpc) is 2.81. The molecular weight excluding hydrogens is 228 g/mol. The minimum absolute atomic E-state index is 0.514. The Balaban J connectivity index is 2.13. The monoisotopic (exact) mass is 240 g/mol. The SMILES string of the molecule is Cc1ncc2c(-c3ccc(CN)cc3)noc2n1. The highest BCUT2D eigenvalue weighted by molar-refractivity contribution is 5.88. The van der Waals surface area contributed by atoms with E-state index in [1.54, 1.807) is 6.20 Å². The number of rotatable bonds is 2. The second-order valence-corrected chi connectivity index (χ2v) is 4.07. The molecule has 0 fully saturated rings. The van der Waals surface area contributed by atoms with Crippen LogP contribution in [0.5, 0.6) is 0 Å². The summed E-state index contributed by atoms with van der Waals surface area (Å²) in [5.74, 6) is 0.670. The molecule has 2 N–H and O–H groups in total. The maximum absolute atomic E-state index is 5.57. The van der Waals surface area contributed by atoms with Gasteiger partial charge in [-0.25, -0.2) is 4.98 Å². The second-order valence-electron chi connectivity index (χ2n) is 4.07. The smallest absolute Gasteiger partial charge is 0.261 e. The quantitative estimate of drug-likeness (QED) is 0.741. The molecule has 18 heavy (non-hydrogen) atoms. The third kappa shape index (κ3) is 1.74. The van der Waals surface area contributed by atoms with Crippen molar-refractivity contribution >= 4 is 11.1 Å². The van der Waals surface area contributed by atoms with Crippen LogP contribution >= 0.6 is 0 Å². The predicted octanol–water partition coefficient (Wildman–Crippen LogP) is 2.05. The molecular formula is C13H12N4O. The van der Waals surface area contributed by atoms with Crippen LogP contribution in [-0.4, -0.2) is 15.1 Å². The van der Waals surface area contributed by atoms with Crippen molar-refractivity contribution in [3.05, 3.63) is 41.9 Å². The summed E-state index contributed by atoms with van der Waals surface area (Å²) >= 11 is 0. The first-order chi connectivity index (χ1) is 8.78. The molecule has 0 saturated carbocycles. The Labute approximate surface area is 104 Å². The van der Waals surface area contributed by atoms with Crippen LogP contribution in [0.4, 0.5) is 0 Å². The van der Waals surface area contributed by atoms with E-state index in [1.807, 2.05) is 31.2 Å². The molecule has 0 aliphatic heterocycles. The Morgan fingerprint density at radius 3 is 2.72 bits per heavy atom. The molecule has 2 aromatic heterocycles. The zero-order valence-electron chi connectivity index (χ0n) is 9.92. The summed E-state index contributed by atoms with van der Waals surface area (Å²) in [5, 5.41) is 4.87. The van der Waals surface area contributed by atoms with Gasteiger partial charge in [0.25, 0.3) is 5.71 Å². The van der Waals surface area contributed by atoms with Gasteiger partial charge in [0.1, 0.15) is 11.5 Å². The zero-order valence-corrected chi connectivity index (χ0v) is 9.92. The van der Waals surface area contributed by atoms with Crippen molar-refractivity contribution in [1.29, 1.82) is 0 Å². The maximum Gasteiger partial charge on any atom is 0.261 e. The van der Waals surface area contributed by atoms with Gasteiger partial charge in [0, 0.05) is 18.3 Å². The van der Waals surface area contributed by atoms with Crippen LogP contribution in [0.25, 0.3) is 22.4 Å². The van der Waals surface area contributed by atoms with E-state index >= 15 is 0 Å². The van der Waals surface area contributed by atoms with Crippen molar-refractivity contribution in [2.75, 3.05) is 0 Å². The summed E-state index contributed by atoms with van der Waals surface area (Å²) in [6, 6.07) is 7.90. The molecule has 0 radical (unpaired) electrons. The Bertz CT molecular complexity index is 688. The third-order valence-electron chi connectivity index (χ3n) is 2.82. The summed E-state index contributed by atoms with van der Waals surface area (Å²) in [5.41, 5.74) is 8.90. The standard InChI is InChI=1S/C13H12N4O/c1-8-15-7-11-12(17-18-13(11)16-8)10-4-2-9(6-14)3-5-10/h2-5,7H,6,14H2,1H3. The van der Waals surface area contributed by atoms with Crippen molar-refractivity contribution in [2.45, 2.75) is 13.5 Å². The fourth-order valence-electron chi connectivity index (χ4n) is 1.83. The normalized spacial score (nSPS) is 11.0. The molecule has 90 valence electrons. The van der Waals surface area contributed by atoms with Crippen LogP contribution in [0.15, 0.2) is 35.0 Å². The molecule has 0 aliphatic carbocycles. The topological polar surface area (TPSA) is 77.8 Å².